The lowest BCUT2D eigenvalue weighted by Crippen LogP contribution is -2.43. The van der Waals surface area contributed by atoms with Crippen LogP contribution in [0.15, 0.2) is 0 Å². The number of hydrogen-bond acceptors (Lipinski definition) is 2. The van der Waals surface area contributed by atoms with Crippen LogP contribution in [-0.2, 0) is 0 Å². The molecule has 0 saturated carbocycles. The minimum absolute atomic E-state index is 0.162. The van der Waals surface area contributed by atoms with Gasteiger partial charge in [-0.1, -0.05) is 6.42 Å². The second kappa shape index (κ2) is 3.35. The minimum Gasteiger partial charge on any atom is -0.392 e. The van der Waals surface area contributed by atoms with Crippen LogP contribution in [0.4, 0.5) is 0 Å². The number of piperidine rings is 1. The Balaban J connectivity index is 2.40. The predicted molar refractivity (Wildman–Crippen MR) is 41.9 cm³/mol. The first kappa shape index (κ1) is 8.02. The molecule has 0 amide bonds. The first-order valence-corrected chi connectivity index (χ1v) is 4.10. The Bertz CT molecular complexity index is 103. The zero-order chi connectivity index (χ0) is 7.56. The van der Waals surface area contributed by atoms with Crippen molar-refractivity contribution in [2.45, 2.75) is 38.3 Å². The highest BCUT2D eigenvalue weighted by molar-refractivity contribution is 4.77. The standard InChI is InChI=1S/C8H17NO/c1-7(10)8-5-3-4-6-9(8)2/h7-8,10H,3-6H2,1-2H3/t7-,8+/m1/s1. The van der Waals surface area contributed by atoms with E-state index in [-0.39, 0.29) is 6.10 Å². The Labute approximate surface area is 62.8 Å². The Morgan fingerprint density at radius 1 is 1.50 bits per heavy atom. The minimum atomic E-state index is -0.162. The maximum absolute atomic E-state index is 9.31. The Morgan fingerprint density at radius 2 is 2.20 bits per heavy atom. The van der Waals surface area contributed by atoms with Crippen molar-refractivity contribution < 1.29 is 5.11 Å². The van der Waals surface area contributed by atoms with Crippen LogP contribution in [0.1, 0.15) is 26.2 Å². The third kappa shape index (κ3) is 1.70. The third-order valence-electron chi connectivity index (χ3n) is 2.38. The molecule has 1 aliphatic heterocycles. The number of aliphatic hydroxyl groups is 1. The molecule has 0 unspecified atom stereocenters. The predicted octanol–water partition coefficient (Wildman–Crippen LogP) is 0.851. The highest BCUT2D eigenvalue weighted by Gasteiger charge is 2.22. The van der Waals surface area contributed by atoms with Crippen molar-refractivity contribution in [1.82, 2.24) is 4.90 Å². The van der Waals surface area contributed by atoms with Gasteiger partial charge in [-0.3, -0.25) is 0 Å². The summed E-state index contributed by atoms with van der Waals surface area (Å²) in [4.78, 5) is 2.26. The normalized spacial score (nSPS) is 32.1. The van der Waals surface area contributed by atoms with Crippen LogP contribution in [-0.4, -0.2) is 35.7 Å². The van der Waals surface area contributed by atoms with Gasteiger partial charge in [-0.05, 0) is 33.4 Å². The summed E-state index contributed by atoms with van der Waals surface area (Å²) >= 11 is 0. The molecule has 1 fully saturated rings. The number of aliphatic hydroxyl groups excluding tert-OH is 1. The van der Waals surface area contributed by atoms with E-state index in [1.54, 1.807) is 0 Å². The van der Waals surface area contributed by atoms with Gasteiger partial charge in [-0.15, -0.1) is 0 Å². The molecule has 1 saturated heterocycles. The number of rotatable bonds is 1. The highest BCUT2D eigenvalue weighted by atomic mass is 16.3. The van der Waals surface area contributed by atoms with Crippen LogP contribution in [0.5, 0.6) is 0 Å². The summed E-state index contributed by atoms with van der Waals surface area (Å²) in [6.07, 6.45) is 3.57. The Morgan fingerprint density at radius 3 is 2.60 bits per heavy atom. The molecular formula is C8H17NO. The van der Waals surface area contributed by atoms with Gasteiger partial charge in [0, 0.05) is 6.04 Å². The van der Waals surface area contributed by atoms with E-state index in [4.69, 9.17) is 0 Å². The van der Waals surface area contributed by atoms with Gasteiger partial charge in [0.05, 0.1) is 6.10 Å². The van der Waals surface area contributed by atoms with Gasteiger partial charge in [-0.25, -0.2) is 0 Å². The van der Waals surface area contributed by atoms with Gasteiger partial charge in [0.2, 0.25) is 0 Å². The van der Waals surface area contributed by atoms with Crippen molar-refractivity contribution in [2.24, 2.45) is 0 Å². The summed E-state index contributed by atoms with van der Waals surface area (Å²) in [5.41, 5.74) is 0. The SMILES string of the molecule is C[C@@H](O)[C@@H]1CCCCN1C. The van der Waals surface area contributed by atoms with E-state index < -0.39 is 0 Å². The van der Waals surface area contributed by atoms with Gasteiger partial charge in [0.1, 0.15) is 0 Å². The van der Waals surface area contributed by atoms with E-state index in [9.17, 15) is 5.11 Å². The van der Waals surface area contributed by atoms with Crippen molar-refractivity contribution in [3.63, 3.8) is 0 Å². The van der Waals surface area contributed by atoms with Gasteiger partial charge < -0.3 is 10.0 Å². The van der Waals surface area contributed by atoms with Crippen LogP contribution in [0, 0.1) is 0 Å². The number of likely N-dealkylation sites (N-methyl/N-ethyl adjacent to an activating group) is 1. The summed E-state index contributed by atoms with van der Waals surface area (Å²) < 4.78 is 0. The van der Waals surface area contributed by atoms with Crippen molar-refractivity contribution in [3.05, 3.63) is 0 Å². The van der Waals surface area contributed by atoms with Crippen LogP contribution in [0.25, 0.3) is 0 Å². The monoisotopic (exact) mass is 143 g/mol. The molecule has 0 spiro atoms. The van der Waals surface area contributed by atoms with Crippen molar-refractivity contribution in [2.75, 3.05) is 13.6 Å². The lowest BCUT2D eigenvalue weighted by molar-refractivity contribution is 0.0529. The lowest BCUT2D eigenvalue weighted by Gasteiger charge is -2.34. The van der Waals surface area contributed by atoms with E-state index in [2.05, 4.69) is 11.9 Å². The lowest BCUT2D eigenvalue weighted by atomic mass is 9.99. The number of nitrogens with zero attached hydrogens (tertiary/aromatic N) is 1. The number of likely N-dealkylation sites (tertiary alicyclic amines) is 1. The molecule has 0 aromatic rings. The summed E-state index contributed by atoms with van der Waals surface area (Å²) in [5, 5.41) is 9.31. The number of hydrogen-bond donors (Lipinski definition) is 1. The van der Waals surface area contributed by atoms with E-state index in [1.165, 1.54) is 12.8 Å². The maximum Gasteiger partial charge on any atom is 0.0667 e. The van der Waals surface area contributed by atoms with E-state index in [0.717, 1.165) is 13.0 Å². The summed E-state index contributed by atoms with van der Waals surface area (Å²) in [5.74, 6) is 0. The molecule has 0 aliphatic carbocycles. The molecule has 1 rings (SSSR count). The van der Waals surface area contributed by atoms with E-state index in [0.29, 0.717) is 6.04 Å². The molecule has 60 valence electrons. The van der Waals surface area contributed by atoms with Crippen molar-refractivity contribution >= 4 is 0 Å². The average molecular weight is 143 g/mol. The van der Waals surface area contributed by atoms with Crippen LogP contribution >= 0.6 is 0 Å². The molecule has 10 heavy (non-hydrogen) atoms. The summed E-state index contributed by atoms with van der Waals surface area (Å²) in [7, 11) is 2.09. The first-order chi connectivity index (χ1) is 4.72. The molecule has 1 heterocycles. The fourth-order valence-corrected chi connectivity index (χ4v) is 1.71. The topological polar surface area (TPSA) is 23.5 Å². The first-order valence-electron chi connectivity index (χ1n) is 4.10. The molecule has 0 aromatic heterocycles. The molecular weight excluding hydrogens is 126 g/mol. The Hall–Kier alpha value is -0.0800. The Kier molecular flexibility index (Phi) is 2.69. The fraction of sp³-hybridized carbons (Fsp3) is 1.00. The average Bonchev–Trinajstić information content (AvgIpc) is 1.88. The van der Waals surface area contributed by atoms with Gasteiger partial charge in [0.25, 0.3) is 0 Å². The quantitative estimate of drug-likeness (QED) is 0.588. The third-order valence-corrected chi connectivity index (χ3v) is 2.38. The summed E-state index contributed by atoms with van der Waals surface area (Å²) in [6, 6.07) is 0.411. The van der Waals surface area contributed by atoms with Crippen LogP contribution in [0.2, 0.25) is 0 Å². The van der Waals surface area contributed by atoms with Crippen LogP contribution in [0.3, 0.4) is 0 Å². The van der Waals surface area contributed by atoms with Crippen LogP contribution < -0.4 is 0 Å². The van der Waals surface area contributed by atoms with Crippen molar-refractivity contribution in [3.8, 4) is 0 Å². The smallest absolute Gasteiger partial charge is 0.0667 e. The van der Waals surface area contributed by atoms with E-state index >= 15 is 0 Å². The zero-order valence-corrected chi connectivity index (χ0v) is 6.88. The fourth-order valence-electron chi connectivity index (χ4n) is 1.71. The van der Waals surface area contributed by atoms with Gasteiger partial charge in [-0.2, -0.15) is 0 Å². The molecule has 0 aromatic carbocycles. The molecule has 2 heteroatoms. The van der Waals surface area contributed by atoms with Gasteiger partial charge >= 0.3 is 0 Å². The summed E-state index contributed by atoms with van der Waals surface area (Å²) in [6.45, 7) is 3.03. The molecule has 2 nitrogen and oxygen atoms in total. The van der Waals surface area contributed by atoms with E-state index in [1.807, 2.05) is 6.92 Å². The molecule has 1 aliphatic rings. The highest BCUT2D eigenvalue weighted by Crippen LogP contribution is 2.17. The van der Waals surface area contributed by atoms with Gasteiger partial charge in [0.15, 0.2) is 0 Å². The molecule has 2 atom stereocenters. The second-order valence-electron chi connectivity index (χ2n) is 3.28. The molecule has 0 bridgehead atoms. The maximum atomic E-state index is 9.31. The van der Waals surface area contributed by atoms with Crippen molar-refractivity contribution in [1.29, 1.82) is 0 Å². The molecule has 0 radical (unpaired) electrons. The largest absolute Gasteiger partial charge is 0.392 e. The molecule has 1 N–H and O–H groups in total. The second-order valence-corrected chi connectivity index (χ2v) is 3.28. The zero-order valence-electron chi connectivity index (χ0n) is 6.88.